The molecule has 0 saturated carbocycles. The van der Waals surface area contributed by atoms with E-state index in [2.05, 4.69) is 20.5 Å². The number of nitrogens with one attached hydrogen (secondary N) is 1. The summed E-state index contributed by atoms with van der Waals surface area (Å²) in [6, 6.07) is 14.1. The molecule has 31 heavy (non-hydrogen) atoms. The molecule has 0 aliphatic heterocycles. The van der Waals surface area contributed by atoms with Crippen molar-refractivity contribution in [3.63, 3.8) is 0 Å². The summed E-state index contributed by atoms with van der Waals surface area (Å²) < 4.78 is 5.48. The minimum Gasteiger partial charge on any atom is -0.411 e. The third-order valence-corrected chi connectivity index (χ3v) is 5.74. The lowest BCUT2D eigenvalue weighted by molar-refractivity contribution is -0.384. The lowest BCUT2D eigenvalue weighted by atomic mass is 10.1. The Morgan fingerprint density at radius 3 is 2.74 bits per heavy atom. The number of nitrogens with zero attached hydrogens (tertiary/aromatic N) is 4. The van der Waals surface area contributed by atoms with E-state index >= 15 is 0 Å². The van der Waals surface area contributed by atoms with Gasteiger partial charge in [-0.1, -0.05) is 53.7 Å². The number of carbonyl (C=O) groups excluding carboxylic acids is 1. The molecule has 0 bridgehead atoms. The maximum Gasteiger partial charge on any atom is 0.282 e. The van der Waals surface area contributed by atoms with Gasteiger partial charge in [-0.2, -0.15) is 0 Å². The normalized spacial score (nSPS) is 10.7. The number of carbonyl (C=O) groups is 1. The van der Waals surface area contributed by atoms with Gasteiger partial charge in [0.15, 0.2) is 5.13 Å². The molecule has 2 aromatic heterocycles. The van der Waals surface area contributed by atoms with Crippen LogP contribution in [0.5, 0.6) is 0 Å². The smallest absolute Gasteiger partial charge is 0.282 e. The van der Waals surface area contributed by atoms with Crippen LogP contribution in [0.25, 0.3) is 22.7 Å². The molecule has 0 unspecified atom stereocenters. The van der Waals surface area contributed by atoms with Crippen LogP contribution in [0.1, 0.15) is 5.56 Å². The molecule has 0 spiro atoms. The topological polar surface area (TPSA) is 124 Å². The molecule has 156 valence electrons. The Bertz CT molecular complexity index is 1240. The van der Waals surface area contributed by atoms with Gasteiger partial charge in [0.25, 0.3) is 16.8 Å². The standard InChI is InChI=1S/C20H15N5O4S2/c1-12-6-8-13(9-7-12)15-10-30-19(21-15)22-17(26)11-31-20-24-23-18(29-20)14-4-2-3-5-16(14)25(27)28/h2-10H,11H2,1H3,(H,21,22,26). The molecule has 4 rings (SSSR count). The van der Waals surface area contributed by atoms with Gasteiger partial charge in [0, 0.05) is 17.0 Å². The van der Waals surface area contributed by atoms with Crippen LogP contribution in [0, 0.1) is 17.0 Å². The van der Waals surface area contributed by atoms with Gasteiger partial charge in [0.05, 0.1) is 16.4 Å². The van der Waals surface area contributed by atoms with Crippen LogP contribution < -0.4 is 5.32 Å². The molecule has 11 heteroatoms. The molecule has 0 fully saturated rings. The van der Waals surface area contributed by atoms with Crippen molar-refractivity contribution < 1.29 is 14.1 Å². The Morgan fingerprint density at radius 2 is 1.97 bits per heavy atom. The Morgan fingerprint density at radius 1 is 1.19 bits per heavy atom. The first-order chi connectivity index (χ1) is 15.0. The van der Waals surface area contributed by atoms with Gasteiger partial charge in [-0.25, -0.2) is 4.98 Å². The third kappa shape index (κ3) is 4.95. The zero-order valence-electron chi connectivity index (χ0n) is 16.1. The summed E-state index contributed by atoms with van der Waals surface area (Å²) >= 11 is 2.37. The van der Waals surface area contributed by atoms with Crippen molar-refractivity contribution in [2.75, 3.05) is 11.1 Å². The highest BCUT2D eigenvalue weighted by molar-refractivity contribution is 7.99. The average molecular weight is 454 g/mol. The van der Waals surface area contributed by atoms with Crippen molar-refractivity contribution in [1.82, 2.24) is 15.2 Å². The number of rotatable bonds is 7. The Labute approximate surface area is 184 Å². The fraction of sp³-hybridized carbons (Fsp3) is 0.100. The SMILES string of the molecule is Cc1ccc(-c2csc(NC(=O)CSc3nnc(-c4ccccc4[N+](=O)[O-])o3)n2)cc1. The number of thioether (sulfide) groups is 1. The van der Waals surface area contributed by atoms with E-state index in [1.165, 1.54) is 23.5 Å². The average Bonchev–Trinajstić information content (AvgIpc) is 3.42. The third-order valence-electron chi connectivity index (χ3n) is 4.16. The first kappa shape index (κ1) is 20.7. The molecule has 0 radical (unpaired) electrons. The van der Waals surface area contributed by atoms with E-state index < -0.39 is 4.92 Å². The second-order valence-corrected chi connectivity index (χ2v) is 8.17. The predicted molar refractivity (Wildman–Crippen MR) is 118 cm³/mol. The second-order valence-electron chi connectivity index (χ2n) is 6.39. The molecule has 1 N–H and O–H groups in total. The van der Waals surface area contributed by atoms with Crippen LogP contribution >= 0.6 is 23.1 Å². The lowest BCUT2D eigenvalue weighted by Crippen LogP contribution is -2.13. The second kappa shape index (κ2) is 9.06. The van der Waals surface area contributed by atoms with Gasteiger partial charge >= 0.3 is 0 Å². The summed E-state index contributed by atoms with van der Waals surface area (Å²) in [5.41, 5.74) is 3.02. The van der Waals surface area contributed by atoms with E-state index in [0.717, 1.165) is 28.6 Å². The van der Waals surface area contributed by atoms with E-state index in [0.29, 0.717) is 5.13 Å². The molecule has 2 aromatic carbocycles. The zero-order valence-corrected chi connectivity index (χ0v) is 17.8. The molecule has 9 nitrogen and oxygen atoms in total. The molecule has 0 saturated heterocycles. The summed E-state index contributed by atoms with van der Waals surface area (Å²) in [7, 11) is 0. The minimum absolute atomic E-state index is 0.0258. The number of hydrogen-bond acceptors (Lipinski definition) is 9. The number of para-hydroxylation sites is 1. The number of hydrogen-bond donors (Lipinski definition) is 1. The van der Waals surface area contributed by atoms with E-state index in [9.17, 15) is 14.9 Å². The van der Waals surface area contributed by atoms with Crippen molar-refractivity contribution in [3.8, 4) is 22.7 Å². The molecular formula is C20H15N5O4S2. The van der Waals surface area contributed by atoms with E-state index in [4.69, 9.17) is 4.42 Å². The fourth-order valence-electron chi connectivity index (χ4n) is 2.66. The van der Waals surface area contributed by atoms with Gasteiger partial charge in [0.2, 0.25) is 5.91 Å². The number of thiazole rings is 1. The summed E-state index contributed by atoms with van der Waals surface area (Å²) in [5.74, 6) is -0.226. The van der Waals surface area contributed by atoms with E-state index in [1.54, 1.807) is 12.1 Å². The highest BCUT2D eigenvalue weighted by atomic mass is 32.2. The number of nitro benzene ring substituents is 1. The molecule has 4 aromatic rings. The van der Waals surface area contributed by atoms with Gasteiger partial charge in [-0.15, -0.1) is 21.5 Å². The van der Waals surface area contributed by atoms with E-state index in [-0.39, 0.29) is 34.0 Å². The van der Waals surface area contributed by atoms with E-state index in [1.807, 2.05) is 36.6 Å². The van der Waals surface area contributed by atoms with Crippen LogP contribution in [0.4, 0.5) is 10.8 Å². The van der Waals surface area contributed by atoms with Crippen molar-refractivity contribution >= 4 is 39.8 Å². The van der Waals surface area contributed by atoms with Crippen LogP contribution in [0.15, 0.2) is 63.6 Å². The molecule has 1 amide bonds. The Kier molecular flexibility index (Phi) is 6.05. The Balaban J connectivity index is 1.36. The maximum atomic E-state index is 12.3. The Hall–Kier alpha value is -3.57. The van der Waals surface area contributed by atoms with Crippen molar-refractivity contribution in [2.24, 2.45) is 0 Å². The lowest BCUT2D eigenvalue weighted by Gasteiger charge is -2.00. The number of anilines is 1. The molecule has 0 aliphatic rings. The van der Waals surface area contributed by atoms with Gasteiger partial charge in [-0.3, -0.25) is 14.9 Å². The van der Waals surface area contributed by atoms with Gasteiger partial charge in [-0.05, 0) is 13.0 Å². The van der Waals surface area contributed by atoms with Crippen LogP contribution in [0.3, 0.4) is 0 Å². The van der Waals surface area contributed by atoms with Gasteiger partial charge < -0.3 is 9.73 Å². The molecule has 0 aliphatic carbocycles. The van der Waals surface area contributed by atoms with Crippen LogP contribution in [-0.4, -0.2) is 31.8 Å². The maximum absolute atomic E-state index is 12.3. The summed E-state index contributed by atoms with van der Waals surface area (Å²) in [4.78, 5) is 27.3. The summed E-state index contributed by atoms with van der Waals surface area (Å²) in [5, 5.41) is 24.1. The first-order valence-electron chi connectivity index (χ1n) is 9.02. The zero-order chi connectivity index (χ0) is 21.8. The number of aryl methyl sites for hydroxylation is 1. The van der Waals surface area contributed by atoms with Crippen molar-refractivity contribution in [1.29, 1.82) is 0 Å². The van der Waals surface area contributed by atoms with Crippen LogP contribution in [0.2, 0.25) is 0 Å². The summed E-state index contributed by atoms with van der Waals surface area (Å²) in [6.07, 6.45) is 0. The number of amides is 1. The molecule has 2 heterocycles. The van der Waals surface area contributed by atoms with Crippen LogP contribution in [-0.2, 0) is 4.79 Å². The number of nitro groups is 1. The molecular weight excluding hydrogens is 438 g/mol. The largest absolute Gasteiger partial charge is 0.411 e. The fourth-order valence-corrected chi connectivity index (χ4v) is 3.96. The number of benzene rings is 2. The predicted octanol–water partition coefficient (Wildman–Crippen LogP) is 4.81. The summed E-state index contributed by atoms with van der Waals surface area (Å²) in [6.45, 7) is 2.02. The van der Waals surface area contributed by atoms with Gasteiger partial charge in [0.1, 0.15) is 5.56 Å². The monoisotopic (exact) mass is 453 g/mol. The molecule has 0 atom stereocenters. The first-order valence-corrected chi connectivity index (χ1v) is 10.9. The quantitative estimate of drug-likeness (QED) is 0.240. The highest BCUT2D eigenvalue weighted by Crippen LogP contribution is 2.30. The minimum atomic E-state index is -0.515. The van der Waals surface area contributed by atoms with Crippen molar-refractivity contribution in [2.45, 2.75) is 12.1 Å². The number of aromatic nitrogens is 3. The van der Waals surface area contributed by atoms with Crippen molar-refractivity contribution in [3.05, 3.63) is 69.6 Å². The highest BCUT2D eigenvalue weighted by Gasteiger charge is 2.20.